The minimum atomic E-state index is 0.110. The molecule has 3 heterocycles. The normalized spacial score (nSPS) is 16.8. The lowest BCUT2D eigenvalue weighted by Crippen LogP contribution is -2.43. The summed E-state index contributed by atoms with van der Waals surface area (Å²) >= 11 is 0. The molecule has 184 valence electrons. The zero-order chi connectivity index (χ0) is 23.9. The first-order chi connectivity index (χ1) is 16.6. The van der Waals surface area contributed by atoms with Crippen molar-refractivity contribution in [2.24, 2.45) is 5.92 Å². The maximum absolute atomic E-state index is 13.3. The molecule has 0 radical (unpaired) electrons. The summed E-state index contributed by atoms with van der Waals surface area (Å²) in [5.74, 6) is 3.02. The van der Waals surface area contributed by atoms with E-state index in [-0.39, 0.29) is 11.8 Å². The summed E-state index contributed by atoms with van der Waals surface area (Å²) in [6, 6.07) is 8.04. The number of fused-ring (bicyclic) bond motifs is 1. The number of aromatic nitrogens is 2. The van der Waals surface area contributed by atoms with Gasteiger partial charge in [-0.2, -0.15) is 0 Å². The molecule has 4 rings (SSSR count). The third kappa shape index (κ3) is 5.52. The third-order valence-electron chi connectivity index (χ3n) is 7.00. The van der Waals surface area contributed by atoms with Gasteiger partial charge in [0.2, 0.25) is 5.91 Å². The smallest absolute Gasteiger partial charge is 0.225 e. The van der Waals surface area contributed by atoms with Crippen molar-refractivity contribution in [3.63, 3.8) is 0 Å². The highest BCUT2D eigenvalue weighted by Crippen LogP contribution is 2.30. The first-order valence-electron chi connectivity index (χ1n) is 12.8. The summed E-state index contributed by atoms with van der Waals surface area (Å²) in [5, 5.41) is 0. The van der Waals surface area contributed by atoms with Crippen molar-refractivity contribution in [3.05, 3.63) is 46.9 Å². The number of hydrogen-bond donors (Lipinski definition) is 0. The number of para-hydroxylation sites is 1. The van der Waals surface area contributed by atoms with Crippen LogP contribution in [-0.2, 0) is 28.9 Å². The largest absolute Gasteiger partial charge is 0.496 e. The SMILES string of the molecule is CCCCC(CC)C(=O)N1CCc2nc(Cc3ccccc3OC)nc(N3CCOCC3)c2C1. The van der Waals surface area contributed by atoms with Gasteiger partial charge in [0, 0.05) is 49.5 Å². The quantitative estimate of drug-likeness (QED) is 0.556. The van der Waals surface area contributed by atoms with Gasteiger partial charge >= 0.3 is 0 Å². The van der Waals surface area contributed by atoms with Crippen molar-refractivity contribution >= 4 is 11.7 Å². The van der Waals surface area contributed by atoms with E-state index in [1.165, 1.54) is 0 Å². The Morgan fingerprint density at radius 1 is 1.15 bits per heavy atom. The lowest BCUT2D eigenvalue weighted by molar-refractivity contribution is -0.136. The van der Waals surface area contributed by atoms with Gasteiger partial charge in [-0.15, -0.1) is 0 Å². The molecule has 7 heteroatoms. The van der Waals surface area contributed by atoms with E-state index in [9.17, 15) is 4.79 Å². The lowest BCUT2D eigenvalue weighted by atomic mass is 9.96. The van der Waals surface area contributed by atoms with Crippen LogP contribution >= 0.6 is 0 Å². The molecule has 7 nitrogen and oxygen atoms in total. The number of amides is 1. The molecule has 34 heavy (non-hydrogen) atoms. The molecule has 0 bridgehead atoms. The van der Waals surface area contributed by atoms with Crippen molar-refractivity contribution in [3.8, 4) is 5.75 Å². The zero-order valence-corrected chi connectivity index (χ0v) is 20.9. The van der Waals surface area contributed by atoms with Gasteiger partial charge in [0.1, 0.15) is 17.4 Å². The molecular formula is C27H38N4O3. The van der Waals surface area contributed by atoms with Crippen LogP contribution in [0.1, 0.15) is 62.2 Å². The van der Waals surface area contributed by atoms with E-state index in [2.05, 4.69) is 24.8 Å². The number of rotatable bonds is 9. The van der Waals surface area contributed by atoms with Gasteiger partial charge in [-0.25, -0.2) is 9.97 Å². The van der Waals surface area contributed by atoms with E-state index in [1.54, 1.807) is 7.11 Å². The Hall–Kier alpha value is -2.67. The summed E-state index contributed by atoms with van der Waals surface area (Å²) in [4.78, 5) is 27.7. The number of unbranched alkanes of at least 4 members (excludes halogenated alkanes) is 1. The number of ether oxygens (including phenoxy) is 2. The fourth-order valence-corrected chi connectivity index (χ4v) is 4.98. The Kier molecular flexibility index (Phi) is 8.38. The highest BCUT2D eigenvalue weighted by atomic mass is 16.5. The summed E-state index contributed by atoms with van der Waals surface area (Å²) in [5.41, 5.74) is 3.26. The van der Waals surface area contributed by atoms with Crippen molar-refractivity contribution in [1.29, 1.82) is 0 Å². The molecular weight excluding hydrogens is 428 g/mol. The molecule has 0 N–H and O–H groups in total. The predicted octanol–water partition coefficient (Wildman–Crippen LogP) is 4.01. The van der Waals surface area contributed by atoms with Crippen LogP contribution in [0.2, 0.25) is 0 Å². The highest BCUT2D eigenvalue weighted by molar-refractivity contribution is 5.79. The third-order valence-corrected chi connectivity index (χ3v) is 7.00. The minimum Gasteiger partial charge on any atom is -0.496 e. The Balaban J connectivity index is 1.63. The first kappa shape index (κ1) is 24.5. The van der Waals surface area contributed by atoms with Gasteiger partial charge < -0.3 is 19.3 Å². The van der Waals surface area contributed by atoms with Gasteiger partial charge in [0.05, 0.1) is 32.6 Å². The van der Waals surface area contributed by atoms with Crippen LogP contribution in [0.25, 0.3) is 0 Å². The topological polar surface area (TPSA) is 67.8 Å². The zero-order valence-electron chi connectivity index (χ0n) is 20.9. The second-order valence-electron chi connectivity index (χ2n) is 9.23. The minimum absolute atomic E-state index is 0.110. The van der Waals surface area contributed by atoms with E-state index < -0.39 is 0 Å². The molecule has 1 fully saturated rings. The number of carbonyl (C=O) groups excluding carboxylic acids is 1. The molecule has 1 aromatic carbocycles. The average Bonchev–Trinajstić information content (AvgIpc) is 2.89. The fourth-order valence-electron chi connectivity index (χ4n) is 4.98. The van der Waals surface area contributed by atoms with Crippen LogP contribution in [0.15, 0.2) is 24.3 Å². The number of benzene rings is 1. The molecule has 1 amide bonds. The van der Waals surface area contributed by atoms with E-state index in [1.807, 2.05) is 23.1 Å². The second-order valence-corrected chi connectivity index (χ2v) is 9.23. The van der Waals surface area contributed by atoms with E-state index in [4.69, 9.17) is 19.4 Å². The van der Waals surface area contributed by atoms with Crippen LogP contribution in [-0.4, -0.2) is 60.7 Å². The van der Waals surface area contributed by atoms with Gasteiger partial charge in [-0.05, 0) is 18.9 Å². The number of nitrogens with zero attached hydrogens (tertiary/aromatic N) is 4. The van der Waals surface area contributed by atoms with Crippen LogP contribution in [0.5, 0.6) is 5.75 Å². The maximum atomic E-state index is 13.3. The van der Waals surface area contributed by atoms with Crippen molar-refractivity contribution in [2.45, 2.75) is 58.9 Å². The number of methoxy groups -OCH3 is 1. The second kappa shape index (κ2) is 11.6. The Labute approximate surface area is 203 Å². The Bertz CT molecular complexity index is 974. The fraction of sp³-hybridized carbons (Fsp3) is 0.593. The summed E-state index contributed by atoms with van der Waals surface area (Å²) in [6.07, 6.45) is 5.47. The van der Waals surface area contributed by atoms with Gasteiger partial charge in [-0.3, -0.25) is 4.79 Å². The van der Waals surface area contributed by atoms with Crippen molar-refractivity contribution in [1.82, 2.24) is 14.9 Å². The molecule has 1 aromatic heterocycles. The molecule has 0 saturated carbocycles. The van der Waals surface area contributed by atoms with Crippen LogP contribution in [0, 0.1) is 5.92 Å². The summed E-state index contributed by atoms with van der Waals surface area (Å²) < 4.78 is 11.1. The lowest BCUT2D eigenvalue weighted by Gasteiger charge is -2.35. The molecule has 0 aliphatic carbocycles. The van der Waals surface area contributed by atoms with Gasteiger partial charge in [0.25, 0.3) is 0 Å². The molecule has 1 atom stereocenters. The maximum Gasteiger partial charge on any atom is 0.225 e. The molecule has 1 saturated heterocycles. The molecule has 0 spiro atoms. The molecule has 2 aliphatic heterocycles. The summed E-state index contributed by atoms with van der Waals surface area (Å²) in [6.45, 7) is 8.63. The van der Waals surface area contributed by atoms with Gasteiger partial charge in [0.15, 0.2) is 0 Å². The number of morpholine rings is 1. The van der Waals surface area contributed by atoms with E-state index in [0.717, 1.165) is 86.0 Å². The predicted molar refractivity (Wildman–Crippen MR) is 133 cm³/mol. The Morgan fingerprint density at radius 3 is 2.68 bits per heavy atom. The monoisotopic (exact) mass is 466 g/mol. The standard InChI is InChI=1S/C27H38N4O3/c1-4-6-9-20(5-2)27(32)31-13-12-23-22(19-31)26(30-14-16-34-17-15-30)29-25(28-23)18-21-10-7-8-11-24(21)33-3/h7-8,10-11,20H,4-6,9,12-19H2,1-3H3. The number of anilines is 1. The highest BCUT2D eigenvalue weighted by Gasteiger charge is 2.30. The van der Waals surface area contributed by atoms with Crippen LogP contribution in [0.3, 0.4) is 0 Å². The molecule has 1 unspecified atom stereocenters. The first-order valence-corrected chi connectivity index (χ1v) is 12.8. The number of hydrogen-bond acceptors (Lipinski definition) is 6. The van der Waals surface area contributed by atoms with Gasteiger partial charge in [-0.1, -0.05) is 44.9 Å². The average molecular weight is 467 g/mol. The molecule has 2 aliphatic rings. The van der Waals surface area contributed by atoms with Crippen molar-refractivity contribution in [2.75, 3.05) is 44.9 Å². The Morgan fingerprint density at radius 2 is 1.94 bits per heavy atom. The van der Waals surface area contributed by atoms with E-state index in [0.29, 0.717) is 26.2 Å². The summed E-state index contributed by atoms with van der Waals surface area (Å²) in [7, 11) is 1.70. The van der Waals surface area contributed by atoms with Crippen LogP contribution in [0.4, 0.5) is 5.82 Å². The number of carbonyl (C=O) groups is 1. The molecule has 2 aromatic rings. The van der Waals surface area contributed by atoms with Crippen LogP contribution < -0.4 is 9.64 Å². The van der Waals surface area contributed by atoms with E-state index >= 15 is 0 Å². The van der Waals surface area contributed by atoms with Crippen molar-refractivity contribution < 1.29 is 14.3 Å².